The number of quaternary nitrogens is 1. The van der Waals surface area contributed by atoms with Gasteiger partial charge < -0.3 is 22.0 Å². The Morgan fingerprint density at radius 1 is 1.17 bits per heavy atom. The number of fused-ring (bicyclic) bond motifs is 1. The molecule has 3 aliphatic heterocycles. The molecular weight excluding hydrogens is 346 g/mol. The average molecular weight is 364 g/mol. The number of rotatable bonds is 3. The number of hydrogen-bond donors (Lipinski definition) is 1. The summed E-state index contributed by atoms with van der Waals surface area (Å²) in [6.45, 7) is 2.06. The van der Waals surface area contributed by atoms with E-state index >= 15 is 0 Å². The smallest absolute Gasteiger partial charge is 0.362 e. The molecule has 1 aromatic rings. The first-order valence-electron chi connectivity index (χ1n) is 7.60. The quantitative estimate of drug-likeness (QED) is 0.657. The lowest BCUT2D eigenvalue weighted by Crippen LogP contribution is -3.09. The zero-order valence-electron chi connectivity index (χ0n) is 13.3. The average Bonchev–Trinajstić information content (AvgIpc) is 3.10. The fourth-order valence-electron chi connectivity index (χ4n) is 2.92. The SMILES string of the molecule is COc1ccc(C2=C(N3CCSCC3)[NH+]3N=CN=C3N=C2)cc1.[Cl-]. The Balaban J connectivity index is 0.00000169. The number of ether oxygens (including phenoxy) is 1. The van der Waals surface area contributed by atoms with Crippen LogP contribution < -0.4 is 22.2 Å². The first-order chi connectivity index (χ1) is 11.4. The van der Waals surface area contributed by atoms with Crippen LogP contribution in [-0.2, 0) is 0 Å². The minimum atomic E-state index is 0. The number of thioether (sulfide) groups is 1. The topological polar surface area (TPSA) is 54.0 Å². The maximum atomic E-state index is 5.26. The summed E-state index contributed by atoms with van der Waals surface area (Å²) in [5.74, 6) is 5.00. The molecule has 0 bridgehead atoms. The second kappa shape index (κ2) is 7.38. The molecule has 0 amide bonds. The molecule has 1 aromatic carbocycles. The fraction of sp³-hybridized carbons (Fsp3) is 0.312. The molecule has 126 valence electrons. The molecule has 24 heavy (non-hydrogen) atoms. The van der Waals surface area contributed by atoms with E-state index in [-0.39, 0.29) is 12.4 Å². The van der Waals surface area contributed by atoms with E-state index in [4.69, 9.17) is 4.74 Å². The second-order valence-corrected chi connectivity index (χ2v) is 6.62. The van der Waals surface area contributed by atoms with Crippen molar-refractivity contribution >= 4 is 35.8 Å². The minimum Gasteiger partial charge on any atom is -1.00 e. The van der Waals surface area contributed by atoms with Crippen LogP contribution in [0.3, 0.4) is 0 Å². The molecular formula is C16H18ClN5OS. The van der Waals surface area contributed by atoms with Gasteiger partial charge in [-0.15, -0.1) is 0 Å². The molecule has 3 aliphatic rings. The lowest BCUT2D eigenvalue weighted by atomic mass is 10.1. The van der Waals surface area contributed by atoms with Crippen molar-refractivity contribution in [3.63, 3.8) is 0 Å². The minimum absolute atomic E-state index is 0. The zero-order valence-corrected chi connectivity index (χ0v) is 14.8. The van der Waals surface area contributed by atoms with Crippen LogP contribution in [0.5, 0.6) is 5.75 Å². The number of allylic oxidation sites excluding steroid dienone is 1. The predicted octanol–water partition coefficient (Wildman–Crippen LogP) is -2.30. The number of aliphatic imine (C=N–C) groups is 2. The van der Waals surface area contributed by atoms with Gasteiger partial charge in [0.15, 0.2) is 6.34 Å². The van der Waals surface area contributed by atoms with Gasteiger partial charge in [-0.25, -0.2) is 0 Å². The van der Waals surface area contributed by atoms with Crippen LogP contribution in [0.15, 0.2) is 45.2 Å². The van der Waals surface area contributed by atoms with Crippen molar-refractivity contribution in [3.05, 3.63) is 35.6 Å². The van der Waals surface area contributed by atoms with E-state index in [0.29, 0.717) is 0 Å². The Morgan fingerprint density at radius 3 is 2.62 bits per heavy atom. The van der Waals surface area contributed by atoms with Gasteiger partial charge in [0.05, 0.1) is 18.9 Å². The van der Waals surface area contributed by atoms with Crippen molar-refractivity contribution in [3.8, 4) is 5.75 Å². The van der Waals surface area contributed by atoms with Gasteiger partial charge in [0, 0.05) is 24.6 Å². The van der Waals surface area contributed by atoms with Crippen molar-refractivity contribution < 1.29 is 22.2 Å². The van der Waals surface area contributed by atoms with Crippen LogP contribution in [0.4, 0.5) is 0 Å². The number of halogens is 1. The van der Waals surface area contributed by atoms with E-state index in [1.165, 1.54) is 0 Å². The molecule has 3 heterocycles. The maximum Gasteiger partial charge on any atom is 0.362 e. The van der Waals surface area contributed by atoms with Gasteiger partial charge in [-0.3, -0.25) is 0 Å². The fourth-order valence-corrected chi connectivity index (χ4v) is 3.83. The monoisotopic (exact) mass is 363 g/mol. The van der Waals surface area contributed by atoms with Crippen LogP contribution >= 0.6 is 11.8 Å². The van der Waals surface area contributed by atoms with E-state index in [1.54, 1.807) is 13.4 Å². The molecule has 1 N–H and O–H groups in total. The van der Waals surface area contributed by atoms with Crippen molar-refractivity contribution in [2.24, 2.45) is 15.1 Å². The molecule has 6 nitrogen and oxygen atoms in total. The third-order valence-electron chi connectivity index (χ3n) is 4.10. The summed E-state index contributed by atoms with van der Waals surface area (Å²) >= 11 is 2.00. The van der Waals surface area contributed by atoms with E-state index in [1.807, 2.05) is 30.1 Å². The highest BCUT2D eigenvalue weighted by Crippen LogP contribution is 2.23. The highest BCUT2D eigenvalue weighted by Gasteiger charge is 2.36. The number of benzene rings is 1. The van der Waals surface area contributed by atoms with Crippen molar-refractivity contribution in [1.82, 2.24) is 4.90 Å². The number of hydrogen-bond acceptors (Lipinski definition) is 6. The molecule has 8 heteroatoms. The predicted molar refractivity (Wildman–Crippen MR) is 94.2 cm³/mol. The van der Waals surface area contributed by atoms with E-state index in [9.17, 15) is 0 Å². The van der Waals surface area contributed by atoms with Crippen molar-refractivity contribution in [2.75, 3.05) is 31.7 Å². The third kappa shape index (κ3) is 3.07. The first-order valence-corrected chi connectivity index (χ1v) is 8.76. The highest BCUT2D eigenvalue weighted by molar-refractivity contribution is 7.99. The number of nitrogens with zero attached hydrogens (tertiary/aromatic N) is 4. The normalized spacial score (nSPS) is 22.1. The first kappa shape index (κ1) is 17.0. The second-order valence-electron chi connectivity index (χ2n) is 5.39. The lowest BCUT2D eigenvalue weighted by molar-refractivity contribution is -0.778. The molecule has 1 unspecified atom stereocenters. The third-order valence-corrected chi connectivity index (χ3v) is 5.04. The number of guanidine groups is 1. The van der Waals surface area contributed by atoms with Crippen LogP contribution in [0.25, 0.3) is 5.57 Å². The molecule has 0 radical (unpaired) electrons. The molecule has 0 aliphatic carbocycles. The zero-order chi connectivity index (χ0) is 15.6. The lowest BCUT2D eigenvalue weighted by Gasteiger charge is -2.32. The van der Waals surface area contributed by atoms with Gasteiger partial charge in [0.25, 0.3) is 0 Å². The van der Waals surface area contributed by atoms with Gasteiger partial charge in [0.2, 0.25) is 5.82 Å². The molecule has 1 atom stereocenters. The van der Waals surface area contributed by atoms with Crippen LogP contribution in [0.2, 0.25) is 0 Å². The molecule has 4 rings (SSSR count). The van der Waals surface area contributed by atoms with Crippen LogP contribution in [0.1, 0.15) is 5.56 Å². The molecule has 0 aromatic heterocycles. The van der Waals surface area contributed by atoms with Crippen molar-refractivity contribution in [2.45, 2.75) is 0 Å². The Bertz CT molecular complexity index is 722. The maximum absolute atomic E-state index is 5.26. The van der Waals surface area contributed by atoms with Gasteiger partial charge in [-0.2, -0.15) is 21.7 Å². The summed E-state index contributed by atoms with van der Waals surface area (Å²) in [6, 6.07) is 8.10. The van der Waals surface area contributed by atoms with Crippen molar-refractivity contribution in [1.29, 1.82) is 0 Å². The summed E-state index contributed by atoms with van der Waals surface area (Å²) in [5, 5.41) is 5.36. The summed E-state index contributed by atoms with van der Waals surface area (Å²) in [7, 11) is 1.68. The van der Waals surface area contributed by atoms with E-state index < -0.39 is 0 Å². The number of nitrogens with one attached hydrogen (secondary N) is 1. The molecule has 0 spiro atoms. The number of methoxy groups -OCH3 is 1. The Hall–Kier alpha value is -1.83. The van der Waals surface area contributed by atoms with E-state index in [2.05, 4.69) is 32.1 Å². The largest absolute Gasteiger partial charge is 1.00 e. The Kier molecular flexibility index (Phi) is 5.23. The van der Waals surface area contributed by atoms with Gasteiger partial charge in [-0.1, -0.05) is 22.2 Å². The summed E-state index contributed by atoms with van der Waals surface area (Å²) in [5.41, 5.74) is 2.23. The summed E-state index contributed by atoms with van der Waals surface area (Å²) < 4.78 is 5.26. The summed E-state index contributed by atoms with van der Waals surface area (Å²) in [6.07, 6.45) is 3.51. The van der Waals surface area contributed by atoms with Gasteiger partial charge in [0.1, 0.15) is 5.75 Å². The highest BCUT2D eigenvalue weighted by atomic mass is 35.5. The molecule has 1 fully saturated rings. The molecule has 1 saturated heterocycles. The van der Waals surface area contributed by atoms with Crippen LogP contribution in [-0.4, -0.2) is 55.1 Å². The Labute approximate surface area is 151 Å². The van der Waals surface area contributed by atoms with E-state index in [0.717, 1.165) is 58.3 Å². The summed E-state index contributed by atoms with van der Waals surface area (Å²) in [4.78, 5) is 11.2. The Morgan fingerprint density at radius 2 is 1.92 bits per heavy atom. The van der Waals surface area contributed by atoms with Gasteiger partial charge >= 0.3 is 5.96 Å². The van der Waals surface area contributed by atoms with Gasteiger partial charge in [-0.05, 0) is 17.7 Å². The standard InChI is InChI=1S/C16H17N5OS.ClH/c1-22-13-4-2-12(3-5-13)14-10-17-16-18-11-19-21(16)15(14)20-6-8-23-9-7-20;/h2-5,10-11H,6-9H2,1H3;1H. The van der Waals surface area contributed by atoms with Crippen LogP contribution in [0, 0.1) is 0 Å². The molecule has 0 saturated carbocycles.